The molecular formula is C26H22BrFN2O3S. The fraction of sp³-hybridized carbons (Fsp3) is 0.154. The Hall–Kier alpha value is -3.10. The van der Waals surface area contributed by atoms with E-state index in [1.54, 1.807) is 18.2 Å². The zero-order valence-electron chi connectivity index (χ0n) is 18.6. The maximum Gasteiger partial charge on any atom is 0.264 e. The van der Waals surface area contributed by atoms with E-state index in [1.807, 2.05) is 50.2 Å². The maximum absolute atomic E-state index is 13.1. The summed E-state index contributed by atoms with van der Waals surface area (Å²) in [7, 11) is 0. The molecule has 0 aliphatic carbocycles. The molecule has 0 radical (unpaired) electrons. The van der Waals surface area contributed by atoms with E-state index in [0.717, 1.165) is 15.6 Å². The number of nitrogens with zero attached hydrogens (tertiary/aromatic N) is 1. The van der Waals surface area contributed by atoms with Crippen LogP contribution in [0.3, 0.4) is 0 Å². The van der Waals surface area contributed by atoms with Crippen LogP contribution < -0.4 is 14.8 Å². The van der Waals surface area contributed by atoms with Gasteiger partial charge in [-0.25, -0.2) is 9.38 Å². The Morgan fingerprint density at radius 3 is 2.47 bits per heavy atom. The Morgan fingerprint density at radius 2 is 1.76 bits per heavy atom. The molecule has 0 unspecified atom stereocenters. The normalized spacial score (nSPS) is 15.6. The van der Waals surface area contributed by atoms with Crippen LogP contribution in [0.15, 0.2) is 75.0 Å². The predicted octanol–water partition coefficient (Wildman–Crippen LogP) is 6.77. The number of nitrogens with one attached hydrogen (secondary N) is 1. The third kappa shape index (κ3) is 6.07. The monoisotopic (exact) mass is 540 g/mol. The highest BCUT2D eigenvalue weighted by atomic mass is 79.9. The predicted molar refractivity (Wildman–Crippen MR) is 138 cm³/mol. The minimum atomic E-state index is -0.339. The van der Waals surface area contributed by atoms with Crippen molar-refractivity contribution in [3.8, 4) is 11.5 Å². The maximum atomic E-state index is 13.1. The number of amides is 1. The number of aliphatic imine (C=N–C) groups is 1. The summed E-state index contributed by atoms with van der Waals surface area (Å²) in [4.78, 5) is 17.3. The minimum absolute atomic E-state index is 0.254. The first-order chi connectivity index (χ1) is 16.4. The summed E-state index contributed by atoms with van der Waals surface area (Å²) in [5.41, 5.74) is 3.58. The number of thioether (sulfide) groups is 1. The summed E-state index contributed by atoms with van der Waals surface area (Å²) in [5.74, 6) is 0.608. The van der Waals surface area contributed by atoms with Gasteiger partial charge in [0.05, 0.1) is 17.2 Å². The van der Waals surface area contributed by atoms with Gasteiger partial charge in [-0.3, -0.25) is 4.79 Å². The molecule has 5 nitrogen and oxygen atoms in total. The highest BCUT2D eigenvalue weighted by Gasteiger charge is 2.24. The van der Waals surface area contributed by atoms with E-state index in [9.17, 15) is 9.18 Å². The lowest BCUT2D eigenvalue weighted by molar-refractivity contribution is -0.115. The third-order valence-corrected chi connectivity index (χ3v) is 6.47. The van der Waals surface area contributed by atoms with Gasteiger partial charge in [0.15, 0.2) is 16.7 Å². The molecule has 1 saturated heterocycles. The topological polar surface area (TPSA) is 59.9 Å². The van der Waals surface area contributed by atoms with Crippen LogP contribution >= 0.6 is 27.7 Å². The zero-order valence-corrected chi connectivity index (χ0v) is 21.0. The van der Waals surface area contributed by atoms with E-state index in [-0.39, 0.29) is 11.7 Å². The molecule has 8 heteroatoms. The smallest absolute Gasteiger partial charge is 0.264 e. The molecule has 0 bridgehead atoms. The molecule has 0 aromatic heterocycles. The molecule has 1 aliphatic rings. The molecular weight excluding hydrogens is 519 g/mol. The molecule has 1 aliphatic heterocycles. The van der Waals surface area contributed by atoms with Crippen molar-refractivity contribution in [1.29, 1.82) is 0 Å². The van der Waals surface area contributed by atoms with Crippen LogP contribution in [0.4, 0.5) is 10.1 Å². The Balaban J connectivity index is 1.55. The number of aryl methyl sites for hydroxylation is 1. The van der Waals surface area contributed by atoms with Gasteiger partial charge in [-0.15, -0.1) is 0 Å². The number of hydrogen-bond acceptors (Lipinski definition) is 5. The van der Waals surface area contributed by atoms with Crippen LogP contribution in [-0.2, 0) is 11.4 Å². The first-order valence-corrected chi connectivity index (χ1v) is 12.2. The third-order valence-electron chi connectivity index (χ3n) is 4.87. The number of ether oxygens (including phenoxy) is 2. The zero-order chi connectivity index (χ0) is 24.1. The SMILES string of the molecule is CCOc1cc(/C=C2/SC(=Nc3ccc(F)cc3)NC2=O)c(Br)cc1OCc1ccc(C)cc1. The molecule has 34 heavy (non-hydrogen) atoms. The average Bonchev–Trinajstić information content (AvgIpc) is 3.16. The van der Waals surface area contributed by atoms with Gasteiger partial charge in [0, 0.05) is 4.47 Å². The van der Waals surface area contributed by atoms with Crippen LogP contribution in [0.5, 0.6) is 11.5 Å². The summed E-state index contributed by atoms with van der Waals surface area (Å²) in [6.07, 6.45) is 1.77. The second-order valence-corrected chi connectivity index (χ2v) is 9.37. The molecule has 174 valence electrons. The molecule has 3 aromatic rings. The molecule has 1 amide bonds. The van der Waals surface area contributed by atoms with E-state index in [2.05, 4.69) is 26.2 Å². The van der Waals surface area contributed by atoms with Crippen LogP contribution in [-0.4, -0.2) is 17.7 Å². The molecule has 0 saturated carbocycles. The summed E-state index contributed by atoms with van der Waals surface area (Å²) in [6, 6.07) is 17.6. The second kappa shape index (κ2) is 10.9. The second-order valence-electron chi connectivity index (χ2n) is 7.49. The standard InChI is InChI=1S/C26H22BrFN2O3S/c1-3-32-22-12-18(21(27)14-23(22)33-15-17-6-4-16(2)5-7-17)13-24-25(31)30-26(34-24)29-20-10-8-19(28)9-11-20/h4-14H,3,15H2,1-2H3,(H,29,30,31)/b24-13+. The molecule has 0 atom stereocenters. The number of carbonyl (C=O) groups is 1. The number of carbonyl (C=O) groups excluding carboxylic acids is 1. The first-order valence-electron chi connectivity index (χ1n) is 10.6. The Labute approximate surface area is 210 Å². The highest BCUT2D eigenvalue weighted by molar-refractivity contribution is 9.10. The Morgan fingerprint density at radius 1 is 1.06 bits per heavy atom. The van der Waals surface area contributed by atoms with Gasteiger partial charge in [-0.05, 0) is 79.2 Å². The quantitative estimate of drug-likeness (QED) is 0.336. The van der Waals surface area contributed by atoms with Gasteiger partial charge >= 0.3 is 0 Å². The van der Waals surface area contributed by atoms with E-state index < -0.39 is 0 Å². The summed E-state index contributed by atoms with van der Waals surface area (Å²) < 4.78 is 25.7. The molecule has 1 N–H and O–H groups in total. The van der Waals surface area contributed by atoms with Crippen molar-refractivity contribution >= 4 is 50.5 Å². The minimum Gasteiger partial charge on any atom is -0.490 e. The van der Waals surface area contributed by atoms with Gasteiger partial charge in [0.2, 0.25) is 0 Å². The summed E-state index contributed by atoms with van der Waals surface area (Å²) in [5, 5.41) is 3.17. The molecule has 3 aromatic carbocycles. The lowest BCUT2D eigenvalue weighted by atomic mass is 10.1. The summed E-state index contributed by atoms with van der Waals surface area (Å²) >= 11 is 4.80. The Bertz CT molecular complexity index is 1260. The van der Waals surface area contributed by atoms with Crippen molar-refractivity contribution in [3.63, 3.8) is 0 Å². The number of benzene rings is 3. The lowest BCUT2D eigenvalue weighted by Crippen LogP contribution is -2.19. The largest absolute Gasteiger partial charge is 0.490 e. The number of amidine groups is 1. The van der Waals surface area contributed by atoms with Crippen molar-refractivity contribution < 1.29 is 18.7 Å². The number of hydrogen-bond donors (Lipinski definition) is 1. The van der Waals surface area contributed by atoms with E-state index in [0.29, 0.717) is 40.5 Å². The van der Waals surface area contributed by atoms with E-state index in [1.165, 1.54) is 29.5 Å². The van der Waals surface area contributed by atoms with Gasteiger partial charge in [-0.2, -0.15) is 0 Å². The van der Waals surface area contributed by atoms with Crippen molar-refractivity contribution in [1.82, 2.24) is 5.32 Å². The molecule has 4 rings (SSSR count). The van der Waals surface area contributed by atoms with Crippen LogP contribution in [0.25, 0.3) is 6.08 Å². The average molecular weight is 541 g/mol. The van der Waals surface area contributed by atoms with Gasteiger partial charge in [0.25, 0.3) is 5.91 Å². The number of rotatable bonds is 7. The van der Waals surface area contributed by atoms with E-state index >= 15 is 0 Å². The summed E-state index contributed by atoms with van der Waals surface area (Å²) in [6.45, 7) is 4.84. The van der Waals surface area contributed by atoms with Crippen molar-refractivity contribution in [2.45, 2.75) is 20.5 Å². The Kier molecular flexibility index (Phi) is 7.70. The van der Waals surface area contributed by atoms with Gasteiger partial charge in [-0.1, -0.05) is 45.8 Å². The van der Waals surface area contributed by atoms with Gasteiger partial charge in [0.1, 0.15) is 12.4 Å². The fourth-order valence-electron chi connectivity index (χ4n) is 3.14. The fourth-order valence-corrected chi connectivity index (χ4v) is 4.41. The van der Waals surface area contributed by atoms with E-state index in [4.69, 9.17) is 9.47 Å². The highest BCUT2D eigenvalue weighted by Crippen LogP contribution is 2.37. The van der Waals surface area contributed by atoms with Crippen molar-refractivity contribution in [2.75, 3.05) is 6.61 Å². The van der Waals surface area contributed by atoms with Gasteiger partial charge < -0.3 is 14.8 Å². The molecule has 1 fully saturated rings. The lowest BCUT2D eigenvalue weighted by Gasteiger charge is -2.14. The van der Waals surface area contributed by atoms with Crippen molar-refractivity contribution in [2.24, 2.45) is 4.99 Å². The van der Waals surface area contributed by atoms with Crippen LogP contribution in [0.2, 0.25) is 0 Å². The van der Waals surface area contributed by atoms with Crippen LogP contribution in [0.1, 0.15) is 23.6 Å². The van der Waals surface area contributed by atoms with Crippen LogP contribution in [0, 0.1) is 12.7 Å². The molecule has 1 heterocycles. The van der Waals surface area contributed by atoms with Crippen molar-refractivity contribution in [3.05, 3.63) is 92.5 Å². The number of halogens is 2. The first kappa shape index (κ1) is 24.0. The molecule has 0 spiro atoms.